The fraction of sp³-hybridized carbons (Fsp3) is 0.286. The largest absolute Gasteiger partial charge is 0.330 e. The molecule has 0 radical (unpaired) electrons. The van der Waals surface area contributed by atoms with E-state index in [2.05, 4.69) is 25.8 Å². The first kappa shape index (κ1) is 16.5. The summed E-state index contributed by atoms with van der Waals surface area (Å²) in [5, 5.41) is 1.06. The minimum atomic E-state index is -0.261. The van der Waals surface area contributed by atoms with Gasteiger partial charge in [0.25, 0.3) is 0 Å². The first-order valence-corrected chi connectivity index (χ1v) is 8.87. The third kappa shape index (κ3) is 2.35. The summed E-state index contributed by atoms with van der Waals surface area (Å²) >= 11 is 0. The van der Waals surface area contributed by atoms with Gasteiger partial charge in [0, 0.05) is 29.7 Å². The number of benzene rings is 1. The van der Waals surface area contributed by atoms with E-state index in [1.165, 1.54) is 0 Å². The highest BCUT2D eigenvalue weighted by atomic mass is 16.1. The van der Waals surface area contributed by atoms with Crippen molar-refractivity contribution in [3.8, 4) is 11.3 Å². The molecule has 3 heterocycles. The van der Waals surface area contributed by atoms with Gasteiger partial charge in [-0.15, -0.1) is 0 Å². The molecule has 132 valence electrons. The van der Waals surface area contributed by atoms with Crippen LogP contribution in [0.25, 0.3) is 33.3 Å². The highest BCUT2D eigenvalue weighted by Crippen LogP contribution is 2.29. The average Bonchev–Trinajstić information content (AvgIpc) is 2.92. The van der Waals surface area contributed by atoms with Crippen LogP contribution in [0, 0.1) is 0 Å². The lowest BCUT2D eigenvalue weighted by Gasteiger charge is -2.24. The fourth-order valence-corrected chi connectivity index (χ4v) is 3.43. The number of fused-ring (bicyclic) bond motifs is 2. The fourth-order valence-electron chi connectivity index (χ4n) is 3.43. The van der Waals surface area contributed by atoms with Gasteiger partial charge in [0.05, 0.1) is 16.7 Å². The van der Waals surface area contributed by atoms with E-state index in [1.54, 1.807) is 17.8 Å². The Bertz CT molecular complexity index is 1180. The van der Waals surface area contributed by atoms with Crippen LogP contribution in [0.1, 0.15) is 27.2 Å². The Kier molecular flexibility index (Phi) is 3.68. The maximum Gasteiger partial charge on any atom is 0.330 e. The van der Waals surface area contributed by atoms with Crippen molar-refractivity contribution in [2.24, 2.45) is 7.05 Å². The molecule has 0 N–H and O–H groups in total. The molecule has 5 heteroatoms. The summed E-state index contributed by atoms with van der Waals surface area (Å²) in [6, 6.07) is 14.0. The number of hydrogen-bond acceptors (Lipinski definition) is 3. The SMILES string of the molecule is CCC(C)(C)n1c(=O)n(C)c2nc(-c3cccc4ncccc34)ccc21. The molecule has 0 spiro atoms. The maximum atomic E-state index is 12.8. The quantitative estimate of drug-likeness (QED) is 0.561. The zero-order chi connectivity index (χ0) is 18.5. The summed E-state index contributed by atoms with van der Waals surface area (Å²) in [6.07, 6.45) is 2.65. The van der Waals surface area contributed by atoms with Crippen LogP contribution in [0.5, 0.6) is 0 Å². The van der Waals surface area contributed by atoms with Gasteiger partial charge < -0.3 is 0 Å². The first-order chi connectivity index (χ1) is 12.4. The number of aryl methyl sites for hydroxylation is 1. The molecule has 3 aromatic heterocycles. The molecule has 4 rings (SSSR count). The summed E-state index contributed by atoms with van der Waals surface area (Å²) < 4.78 is 3.49. The standard InChI is InChI=1S/C21H22N4O/c1-5-21(2,3)25-18-12-11-17(23-19(18)24(4)20(25)26)15-8-6-10-16-14(15)9-7-13-22-16/h6-13H,5H2,1-4H3. The highest BCUT2D eigenvalue weighted by molar-refractivity contribution is 5.94. The molecule has 4 aromatic rings. The zero-order valence-corrected chi connectivity index (χ0v) is 15.5. The molecule has 0 atom stereocenters. The molecule has 0 fully saturated rings. The second-order valence-corrected chi connectivity index (χ2v) is 7.26. The van der Waals surface area contributed by atoms with Crippen molar-refractivity contribution >= 4 is 22.1 Å². The minimum Gasteiger partial charge on any atom is -0.285 e. The summed E-state index contributed by atoms with van der Waals surface area (Å²) in [5.74, 6) is 0. The number of pyridine rings is 2. The van der Waals surface area contributed by atoms with Crippen LogP contribution >= 0.6 is 0 Å². The monoisotopic (exact) mass is 346 g/mol. The van der Waals surface area contributed by atoms with E-state index < -0.39 is 0 Å². The molecule has 0 amide bonds. The minimum absolute atomic E-state index is 0.0314. The molecule has 1 aromatic carbocycles. The second kappa shape index (κ2) is 5.80. The molecular formula is C21H22N4O. The molecule has 0 bridgehead atoms. The summed E-state index contributed by atoms with van der Waals surface area (Å²) in [5.41, 5.74) is 4.08. The van der Waals surface area contributed by atoms with E-state index in [9.17, 15) is 4.79 Å². The Morgan fingerprint density at radius 3 is 2.65 bits per heavy atom. The Balaban J connectivity index is 2.00. The predicted molar refractivity (Wildman–Crippen MR) is 105 cm³/mol. The van der Waals surface area contributed by atoms with Crippen molar-refractivity contribution < 1.29 is 0 Å². The van der Waals surface area contributed by atoms with Crippen LogP contribution in [0.2, 0.25) is 0 Å². The van der Waals surface area contributed by atoms with Crippen molar-refractivity contribution in [2.45, 2.75) is 32.7 Å². The molecule has 0 saturated carbocycles. The number of hydrogen-bond donors (Lipinski definition) is 0. The molecule has 5 nitrogen and oxygen atoms in total. The molecule has 0 aliphatic heterocycles. The van der Waals surface area contributed by atoms with E-state index in [0.717, 1.165) is 34.1 Å². The van der Waals surface area contributed by atoms with Crippen LogP contribution < -0.4 is 5.69 Å². The summed E-state index contributed by atoms with van der Waals surface area (Å²) in [7, 11) is 1.79. The first-order valence-electron chi connectivity index (χ1n) is 8.87. The van der Waals surface area contributed by atoms with Crippen LogP contribution in [0.3, 0.4) is 0 Å². The van der Waals surface area contributed by atoms with Gasteiger partial charge in [-0.2, -0.15) is 0 Å². The zero-order valence-electron chi connectivity index (χ0n) is 15.5. The van der Waals surface area contributed by atoms with E-state index in [0.29, 0.717) is 5.65 Å². The van der Waals surface area contributed by atoms with Crippen LogP contribution in [0.4, 0.5) is 0 Å². The van der Waals surface area contributed by atoms with E-state index in [-0.39, 0.29) is 11.2 Å². The molecule has 26 heavy (non-hydrogen) atoms. The lowest BCUT2D eigenvalue weighted by Crippen LogP contribution is -2.35. The van der Waals surface area contributed by atoms with Gasteiger partial charge in [0.15, 0.2) is 5.65 Å². The predicted octanol–water partition coefficient (Wildman–Crippen LogP) is 4.10. The number of rotatable bonds is 3. The van der Waals surface area contributed by atoms with Crippen molar-refractivity contribution in [3.63, 3.8) is 0 Å². The molecular weight excluding hydrogens is 324 g/mol. The Labute approximate surface area is 151 Å². The number of imidazole rings is 1. The van der Waals surface area contributed by atoms with Crippen molar-refractivity contribution in [1.82, 2.24) is 19.1 Å². The van der Waals surface area contributed by atoms with Crippen molar-refractivity contribution in [1.29, 1.82) is 0 Å². The van der Waals surface area contributed by atoms with Gasteiger partial charge in [0.2, 0.25) is 0 Å². The molecule has 0 unspecified atom stereocenters. The topological polar surface area (TPSA) is 52.7 Å². The van der Waals surface area contributed by atoms with E-state index in [4.69, 9.17) is 4.98 Å². The lowest BCUT2D eigenvalue weighted by atomic mass is 10.0. The number of aromatic nitrogens is 4. The Morgan fingerprint density at radius 2 is 1.88 bits per heavy atom. The van der Waals surface area contributed by atoms with Gasteiger partial charge in [-0.25, -0.2) is 9.78 Å². The molecule has 0 saturated heterocycles. The van der Waals surface area contributed by atoms with Gasteiger partial charge in [0.1, 0.15) is 0 Å². The Hall–Kier alpha value is -2.95. The van der Waals surface area contributed by atoms with E-state index in [1.807, 2.05) is 47.0 Å². The van der Waals surface area contributed by atoms with Crippen LogP contribution in [0.15, 0.2) is 53.5 Å². The summed E-state index contributed by atoms with van der Waals surface area (Å²) in [6.45, 7) is 6.26. The van der Waals surface area contributed by atoms with Gasteiger partial charge in [-0.05, 0) is 44.5 Å². The summed E-state index contributed by atoms with van der Waals surface area (Å²) in [4.78, 5) is 22.1. The second-order valence-electron chi connectivity index (χ2n) is 7.26. The number of nitrogens with zero attached hydrogens (tertiary/aromatic N) is 4. The normalized spacial score (nSPS) is 12.2. The molecule has 0 aliphatic carbocycles. The van der Waals surface area contributed by atoms with Gasteiger partial charge in [-0.1, -0.05) is 25.1 Å². The van der Waals surface area contributed by atoms with E-state index >= 15 is 0 Å². The smallest absolute Gasteiger partial charge is 0.285 e. The third-order valence-electron chi connectivity index (χ3n) is 5.28. The Morgan fingerprint density at radius 1 is 1.08 bits per heavy atom. The molecule has 0 aliphatic rings. The van der Waals surface area contributed by atoms with Crippen molar-refractivity contribution in [3.05, 3.63) is 59.1 Å². The average molecular weight is 346 g/mol. The lowest BCUT2D eigenvalue weighted by molar-refractivity contribution is 0.339. The van der Waals surface area contributed by atoms with Crippen LogP contribution in [-0.4, -0.2) is 19.1 Å². The van der Waals surface area contributed by atoms with Gasteiger partial charge in [-0.3, -0.25) is 14.1 Å². The van der Waals surface area contributed by atoms with Gasteiger partial charge >= 0.3 is 5.69 Å². The maximum absolute atomic E-state index is 12.8. The highest BCUT2D eigenvalue weighted by Gasteiger charge is 2.25. The van der Waals surface area contributed by atoms with Crippen LogP contribution in [-0.2, 0) is 12.6 Å². The van der Waals surface area contributed by atoms with Crippen molar-refractivity contribution in [2.75, 3.05) is 0 Å². The third-order valence-corrected chi connectivity index (χ3v) is 5.28.